The van der Waals surface area contributed by atoms with Crippen molar-refractivity contribution in [3.05, 3.63) is 11.4 Å². The van der Waals surface area contributed by atoms with Crippen LogP contribution >= 0.6 is 0 Å². The van der Waals surface area contributed by atoms with Crippen LogP contribution in [0.2, 0.25) is 0 Å². The van der Waals surface area contributed by atoms with Crippen molar-refractivity contribution in [3.63, 3.8) is 0 Å². The summed E-state index contributed by atoms with van der Waals surface area (Å²) in [5.41, 5.74) is 0.433. The molecule has 1 aliphatic rings. The van der Waals surface area contributed by atoms with Gasteiger partial charge in [0.25, 0.3) is 0 Å². The van der Waals surface area contributed by atoms with Gasteiger partial charge in [0, 0.05) is 0 Å². The summed E-state index contributed by atoms with van der Waals surface area (Å²) in [5.74, 6) is 0.665. The first-order valence-corrected chi connectivity index (χ1v) is 5.59. The molecule has 1 aromatic heterocycles. The lowest BCUT2D eigenvalue weighted by Gasteiger charge is -2.18. The number of aliphatic hydroxyl groups is 1. The first kappa shape index (κ1) is 11.3. The number of hydrogen-bond acceptors (Lipinski definition) is 4. The molecule has 0 aromatic carbocycles. The van der Waals surface area contributed by atoms with Gasteiger partial charge in [-0.05, 0) is 39.0 Å². The average molecular weight is 223 g/mol. The Bertz CT molecular complexity index is 388. The highest BCUT2D eigenvalue weighted by molar-refractivity contribution is 5.73. The van der Waals surface area contributed by atoms with Crippen LogP contribution in [0.1, 0.15) is 42.9 Å². The summed E-state index contributed by atoms with van der Waals surface area (Å²) in [7, 11) is 0. The van der Waals surface area contributed by atoms with E-state index < -0.39 is 5.60 Å². The zero-order valence-corrected chi connectivity index (χ0v) is 9.68. The van der Waals surface area contributed by atoms with E-state index in [-0.39, 0.29) is 0 Å². The fraction of sp³-hybridized carbons (Fsp3) is 0.727. The summed E-state index contributed by atoms with van der Waals surface area (Å²) in [6.45, 7) is 3.81. The molecular formula is C11H17N3O2. The third kappa shape index (κ3) is 2.66. The van der Waals surface area contributed by atoms with E-state index in [1.54, 1.807) is 18.5 Å². The molecule has 88 valence electrons. The van der Waals surface area contributed by atoms with Crippen molar-refractivity contribution in [2.45, 2.75) is 45.3 Å². The van der Waals surface area contributed by atoms with Gasteiger partial charge in [-0.2, -0.15) is 0 Å². The van der Waals surface area contributed by atoms with Crippen molar-refractivity contribution in [2.24, 2.45) is 5.92 Å². The van der Waals surface area contributed by atoms with E-state index >= 15 is 0 Å². The highest BCUT2D eigenvalue weighted by Crippen LogP contribution is 2.33. The summed E-state index contributed by atoms with van der Waals surface area (Å²) in [6.07, 6.45) is 4.01. The average Bonchev–Trinajstić information content (AvgIpc) is 2.90. The number of aromatic nitrogens is 3. The number of carbonyl (C=O) groups excluding carboxylic acids is 1. The van der Waals surface area contributed by atoms with Crippen molar-refractivity contribution >= 4 is 6.29 Å². The maximum atomic E-state index is 10.8. The van der Waals surface area contributed by atoms with Crippen molar-refractivity contribution < 1.29 is 9.90 Å². The Kier molecular flexibility index (Phi) is 2.80. The lowest BCUT2D eigenvalue weighted by molar-refractivity contribution is 0.0561. The van der Waals surface area contributed by atoms with Gasteiger partial charge >= 0.3 is 0 Å². The van der Waals surface area contributed by atoms with Crippen LogP contribution in [0, 0.1) is 5.92 Å². The second kappa shape index (κ2) is 3.97. The maximum absolute atomic E-state index is 10.8. The van der Waals surface area contributed by atoms with Crippen molar-refractivity contribution in [3.8, 4) is 0 Å². The number of rotatable bonds is 5. The first-order chi connectivity index (χ1) is 7.49. The fourth-order valence-electron chi connectivity index (χ4n) is 1.74. The topological polar surface area (TPSA) is 68.0 Å². The highest BCUT2D eigenvalue weighted by Gasteiger charge is 2.27. The first-order valence-electron chi connectivity index (χ1n) is 5.59. The molecule has 1 aromatic rings. The van der Waals surface area contributed by atoms with Gasteiger partial charge in [0.15, 0.2) is 6.29 Å². The maximum Gasteiger partial charge on any atom is 0.172 e. The molecule has 0 spiro atoms. The quantitative estimate of drug-likeness (QED) is 0.750. The van der Waals surface area contributed by atoms with Crippen LogP contribution in [0.4, 0.5) is 0 Å². The van der Waals surface area contributed by atoms with Crippen molar-refractivity contribution in [2.75, 3.05) is 0 Å². The van der Waals surface area contributed by atoms with Crippen LogP contribution in [0.15, 0.2) is 0 Å². The predicted octanol–water partition coefficient (Wildman–Crippen LogP) is 0.814. The largest absolute Gasteiger partial charge is 0.389 e. The van der Waals surface area contributed by atoms with E-state index in [1.807, 2.05) is 0 Å². The SMILES string of the molecule is CC(C)(O)Cn1nnc(C=O)c1CC1CC1. The van der Waals surface area contributed by atoms with E-state index in [0.29, 0.717) is 18.2 Å². The van der Waals surface area contributed by atoms with Crippen LogP contribution in [0.5, 0.6) is 0 Å². The van der Waals surface area contributed by atoms with Crippen LogP contribution in [-0.2, 0) is 13.0 Å². The second-order valence-corrected chi connectivity index (χ2v) is 5.16. The van der Waals surface area contributed by atoms with Gasteiger partial charge < -0.3 is 5.11 Å². The number of aldehydes is 1. The van der Waals surface area contributed by atoms with Crippen LogP contribution in [0.25, 0.3) is 0 Å². The molecule has 1 fully saturated rings. The van der Waals surface area contributed by atoms with Gasteiger partial charge in [-0.1, -0.05) is 5.21 Å². The summed E-state index contributed by atoms with van der Waals surface area (Å²) in [5, 5.41) is 17.5. The van der Waals surface area contributed by atoms with E-state index in [0.717, 1.165) is 18.4 Å². The molecule has 0 unspecified atom stereocenters. The zero-order valence-electron chi connectivity index (χ0n) is 9.68. The van der Waals surface area contributed by atoms with Crippen molar-refractivity contribution in [1.82, 2.24) is 15.0 Å². The minimum Gasteiger partial charge on any atom is -0.389 e. The standard InChI is InChI=1S/C11H17N3O2/c1-11(2,16)7-14-10(5-8-3-4-8)9(6-15)12-13-14/h6,8,16H,3-5,7H2,1-2H3. The van der Waals surface area contributed by atoms with Gasteiger partial charge in [-0.3, -0.25) is 4.79 Å². The monoisotopic (exact) mass is 223 g/mol. The Morgan fingerprint density at radius 1 is 1.56 bits per heavy atom. The molecule has 0 bridgehead atoms. The fourth-order valence-corrected chi connectivity index (χ4v) is 1.74. The third-order valence-electron chi connectivity index (χ3n) is 2.69. The summed E-state index contributed by atoms with van der Waals surface area (Å²) in [6, 6.07) is 0. The third-order valence-corrected chi connectivity index (χ3v) is 2.69. The molecule has 1 N–H and O–H groups in total. The number of carbonyl (C=O) groups is 1. The Morgan fingerprint density at radius 2 is 2.25 bits per heavy atom. The van der Waals surface area contributed by atoms with E-state index in [4.69, 9.17) is 0 Å². The van der Waals surface area contributed by atoms with Gasteiger partial charge in [-0.15, -0.1) is 5.10 Å². The Labute approximate surface area is 94.5 Å². The Balaban J connectivity index is 2.21. The molecule has 5 nitrogen and oxygen atoms in total. The molecule has 5 heteroatoms. The highest BCUT2D eigenvalue weighted by atomic mass is 16.3. The van der Waals surface area contributed by atoms with Crippen molar-refractivity contribution in [1.29, 1.82) is 0 Å². The predicted molar refractivity (Wildman–Crippen MR) is 58.1 cm³/mol. The Morgan fingerprint density at radius 3 is 2.75 bits per heavy atom. The van der Waals surface area contributed by atoms with Gasteiger partial charge in [0.05, 0.1) is 17.8 Å². The van der Waals surface area contributed by atoms with E-state index in [9.17, 15) is 9.90 Å². The lowest BCUT2D eigenvalue weighted by Crippen LogP contribution is -2.28. The van der Waals surface area contributed by atoms with Crippen LogP contribution in [0.3, 0.4) is 0 Å². The minimum absolute atomic E-state index is 0.371. The van der Waals surface area contributed by atoms with Crippen LogP contribution in [-0.4, -0.2) is 32.0 Å². The molecule has 16 heavy (non-hydrogen) atoms. The smallest absolute Gasteiger partial charge is 0.172 e. The van der Waals surface area contributed by atoms with E-state index in [1.165, 1.54) is 12.8 Å². The normalized spacial score (nSPS) is 16.4. The molecule has 0 atom stereocenters. The minimum atomic E-state index is -0.841. The van der Waals surface area contributed by atoms with E-state index in [2.05, 4.69) is 10.3 Å². The van der Waals surface area contributed by atoms with Crippen LogP contribution < -0.4 is 0 Å². The molecule has 1 saturated carbocycles. The second-order valence-electron chi connectivity index (χ2n) is 5.16. The molecular weight excluding hydrogens is 206 g/mol. The molecule has 0 radical (unpaired) electrons. The summed E-state index contributed by atoms with van der Waals surface area (Å²) in [4.78, 5) is 10.8. The number of hydrogen-bond donors (Lipinski definition) is 1. The molecule has 0 amide bonds. The van der Waals surface area contributed by atoms with Gasteiger partial charge in [0.2, 0.25) is 0 Å². The van der Waals surface area contributed by atoms with Gasteiger partial charge in [-0.25, -0.2) is 4.68 Å². The molecule has 1 heterocycles. The molecule has 2 rings (SSSR count). The lowest BCUT2D eigenvalue weighted by atomic mass is 10.1. The summed E-state index contributed by atoms with van der Waals surface area (Å²) >= 11 is 0. The summed E-state index contributed by atoms with van der Waals surface area (Å²) < 4.78 is 1.65. The molecule has 0 aliphatic heterocycles. The zero-order chi connectivity index (χ0) is 11.8. The molecule has 1 aliphatic carbocycles. The number of nitrogens with zero attached hydrogens (tertiary/aromatic N) is 3. The Hall–Kier alpha value is -1.23. The van der Waals surface area contributed by atoms with Gasteiger partial charge in [0.1, 0.15) is 5.69 Å². The molecule has 0 saturated heterocycles.